The highest BCUT2D eigenvalue weighted by molar-refractivity contribution is 5.83. The van der Waals surface area contributed by atoms with Gasteiger partial charge in [-0.3, -0.25) is 4.99 Å². The molecule has 0 radical (unpaired) electrons. The van der Waals surface area contributed by atoms with Crippen molar-refractivity contribution >= 4 is 29.0 Å². The topological polar surface area (TPSA) is 27.6 Å². The van der Waals surface area contributed by atoms with Crippen molar-refractivity contribution in [2.75, 3.05) is 23.3 Å². The van der Waals surface area contributed by atoms with Gasteiger partial charge in [0.25, 0.3) is 0 Å². The Hall–Kier alpha value is -3.14. The molecule has 0 unspecified atom stereocenters. The Morgan fingerprint density at radius 3 is 2.26 bits per heavy atom. The van der Waals surface area contributed by atoms with Gasteiger partial charge in [-0.25, -0.2) is 4.39 Å². The van der Waals surface area contributed by atoms with Crippen LogP contribution in [0.15, 0.2) is 77.8 Å². The monoisotopic (exact) mass is 359 g/mol. The zero-order valence-corrected chi connectivity index (χ0v) is 15.1. The lowest BCUT2D eigenvalue weighted by Gasteiger charge is -2.18. The standard InChI is InChI=1S/C23H22FN3/c24-22-16-18(8-13-23(22)27-14-4-5-15-27)17-25-19-9-11-21(12-10-19)26-20-6-2-1-3-7-20/h1-3,6-13,16-17,26H,4-5,14-15H2. The molecule has 4 rings (SSSR count). The average molecular weight is 359 g/mol. The lowest BCUT2D eigenvalue weighted by molar-refractivity contribution is 0.623. The van der Waals surface area contributed by atoms with E-state index < -0.39 is 0 Å². The minimum Gasteiger partial charge on any atom is -0.369 e. The van der Waals surface area contributed by atoms with Crippen LogP contribution < -0.4 is 10.2 Å². The number of aliphatic imine (C=N–C) groups is 1. The molecule has 1 aliphatic rings. The first-order valence-electron chi connectivity index (χ1n) is 9.29. The summed E-state index contributed by atoms with van der Waals surface area (Å²) in [5, 5.41) is 3.34. The van der Waals surface area contributed by atoms with Crippen molar-refractivity contribution in [3.8, 4) is 0 Å². The number of para-hydroxylation sites is 1. The van der Waals surface area contributed by atoms with Crippen LogP contribution in [0, 0.1) is 5.82 Å². The second-order valence-electron chi connectivity index (χ2n) is 6.70. The van der Waals surface area contributed by atoms with Crippen molar-refractivity contribution in [2.24, 2.45) is 4.99 Å². The van der Waals surface area contributed by atoms with E-state index in [2.05, 4.69) is 15.2 Å². The van der Waals surface area contributed by atoms with Crippen molar-refractivity contribution in [3.63, 3.8) is 0 Å². The third kappa shape index (κ3) is 4.34. The van der Waals surface area contributed by atoms with Crippen LogP contribution in [0.3, 0.4) is 0 Å². The van der Waals surface area contributed by atoms with Crippen LogP contribution in [-0.4, -0.2) is 19.3 Å². The molecular formula is C23H22FN3. The third-order valence-electron chi connectivity index (χ3n) is 4.71. The van der Waals surface area contributed by atoms with Gasteiger partial charge in [-0.2, -0.15) is 0 Å². The molecule has 0 aliphatic carbocycles. The molecule has 1 heterocycles. The molecule has 3 aromatic rings. The van der Waals surface area contributed by atoms with Gasteiger partial charge in [0.15, 0.2) is 0 Å². The highest BCUT2D eigenvalue weighted by Crippen LogP contribution is 2.24. The normalized spacial score (nSPS) is 14.0. The number of benzene rings is 3. The molecule has 0 spiro atoms. The van der Waals surface area contributed by atoms with E-state index in [0.29, 0.717) is 5.69 Å². The lowest BCUT2D eigenvalue weighted by atomic mass is 10.2. The molecule has 1 fully saturated rings. The van der Waals surface area contributed by atoms with Crippen LogP contribution in [-0.2, 0) is 0 Å². The molecule has 4 heteroatoms. The lowest BCUT2D eigenvalue weighted by Crippen LogP contribution is -2.18. The number of hydrogen-bond acceptors (Lipinski definition) is 3. The van der Waals surface area contributed by atoms with Crippen LogP contribution in [0.25, 0.3) is 0 Å². The molecule has 3 nitrogen and oxygen atoms in total. The van der Waals surface area contributed by atoms with E-state index in [1.54, 1.807) is 12.3 Å². The van der Waals surface area contributed by atoms with Crippen molar-refractivity contribution in [3.05, 3.63) is 84.2 Å². The summed E-state index contributed by atoms with van der Waals surface area (Å²) in [4.78, 5) is 6.57. The molecule has 0 bridgehead atoms. The van der Waals surface area contributed by atoms with Gasteiger partial charge in [0.1, 0.15) is 5.82 Å². The summed E-state index contributed by atoms with van der Waals surface area (Å²) in [7, 11) is 0. The molecule has 0 aromatic heterocycles. The average Bonchev–Trinajstić information content (AvgIpc) is 3.23. The molecule has 1 saturated heterocycles. The Bertz CT molecular complexity index is 914. The Morgan fingerprint density at radius 1 is 0.852 bits per heavy atom. The fraction of sp³-hybridized carbons (Fsp3) is 0.174. The Labute approximate surface area is 159 Å². The molecule has 3 aromatic carbocycles. The minimum atomic E-state index is -0.178. The second-order valence-corrected chi connectivity index (χ2v) is 6.70. The highest BCUT2D eigenvalue weighted by atomic mass is 19.1. The van der Waals surface area contributed by atoms with Crippen molar-refractivity contribution in [1.29, 1.82) is 0 Å². The molecule has 0 atom stereocenters. The van der Waals surface area contributed by atoms with Crippen LogP contribution in [0.5, 0.6) is 0 Å². The quantitative estimate of drug-likeness (QED) is 0.573. The van der Waals surface area contributed by atoms with Crippen molar-refractivity contribution in [1.82, 2.24) is 0 Å². The van der Waals surface area contributed by atoms with Crippen LogP contribution in [0.2, 0.25) is 0 Å². The number of halogens is 1. The van der Waals surface area contributed by atoms with Crippen LogP contribution in [0.1, 0.15) is 18.4 Å². The largest absolute Gasteiger partial charge is 0.369 e. The molecule has 136 valence electrons. The molecular weight excluding hydrogens is 337 g/mol. The third-order valence-corrected chi connectivity index (χ3v) is 4.71. The molecule has 1 N–H and O–H groups in total. The molecule has 0 amide bonds. The number of anilines is 3. The summed E-state index contributed by atoms with van der Waals surface area (Å²) in [5.41, 5.74) is 4.34. The Morgan fingerprint density at radius 2 is 1.56 bits per heavy atom. The summed E-state index contributed by atoms with van der Waals surface area (Å²) in [6.45, 7) is 1.88. The first kappa shape index (κ1) is 17.3. The zero-order valence-electron chi connectivity index (χ0n) is 15.1. The van der Waals surface area contributed by atoms with Gasteiger partial charge in [-0.15, -0.1) is 0 Å². The molecule has 1 aliphatic heterocycles. The minimum absolute atomic E-state index is 0.178. The second kappa shape index (κ2) is 8.04. The summed E-state index contributed by atoms with van der Waals surface area (Å²) < 4.78 is 14.4. The molecule has 0 saturated carbocycles. The fourth-order valence-corrected chi connectivity index (χ4v) is 3.29. The van der Waals surface area contributed by atoms with Crippen molar-refractivity contribution < 1.29 is 4.39 Å². The Kier molecular flexibility index (Phi) is 5.15. The first-order chi connectivity index (χ1) is 13.3. The van der Waals surface area contributed by atoms with E-state index in [9.17, 15) is 4.39 Å². The number of nitrogens with one attached hydrogen (secondary N) is 1. The van der Waals surface area contributed by atoms with E-state index in [4.69, 9.17) is 0 Å². The number of rotatable bonds is 5. The zero-order chi connectivity index (χ0) is 18.5. The van der Waals surface area contributed by atoms with Gasteiger partial charge in [-0.05, 0) is 66.9 Å². The summed E-state index contributed by atoms with van der Waals surface area (Å²) in [6.07, 6.45) is 3.98. The van der Waals surface area contributed by atoms with Crippen LogP contribution in [0.4, 0.5) is 27.1 Å². The van der Waals surface area contributed by atoms with Gasteiger partial charge in [0, 0.05) is 30.7 Å². The summed E-state index contributed by atoms with van der Waals surface area (Å²) in [5.74, 6) is -0.178. The van der Waals surface area contributed by atoms with Gasteiger partial charge >= 0.3 is 0 Å². The SMILES string of the molecule is Fc1cc(C=Nc2ccc(Nc3ccccc3)cc2)ccc1N1CCCC1. The predicted octanol–water partition coefficient (Wildman–Crippen LogP) is 5.92. The van der Waals surface area contributed by atoms with E-state index >= 15 is 0 Å². The van der Waals surface area contributed by atoms with E-state index in [0.717, 1.165) is 48.6 Å². The molecule has 27 heavy (non-hydrogen) atoms. The number of hydrogen-bond donors (Lipinski definition) is 1. The first-order valence-corrected chi connectivity index (χ1v) is 9.29. The Balaban J connectivity index is 1.42. The van der Waals surface area contributed by atoms with E-state index in [-0.39, 0.29) is 5.82 Å². The number of nitrogens with zero attached hydrogens (tertiary/aromatic N) is 2. The van der Waals surface area contributed by atoms with Gasteiger partial charge in [-0.1, -0.05) is 24.3 Å². The predicted molar refractivity (Wildman–Crippen MR) is 111 cm³/mol. The van der Waals surface area contributed by atoms with E-state index in [1.165, 1.54) is 0 Å². The van der Waals surface area contributed by atoms with Crippen molar-refractivity contribution in [2.45, 2.75) is 12.8 Å². The van der Waals surface area contributed by atoms with Gasteiger partial charge in [0.05, 0.1) is 11.4 Å². The summed E-state index contributed by atoms with van der Waals surface area (Å²) >= 11 is 0. The van der Waals surface area contributed by atoms with Gasteiger partial charge < -0.3 is 10.2 Å². The van der Waals surface area contributed by atoms with E-state index in [1.807, 2.05) is 66.7 Å². The van der Waals surface area contributed by atoms with Crippen LogP contribution >= 0.6 is 0 Å². The maximum Gasteiger partial charge on any atom is 0.147 e. The fourth-order valence-electron chi connectivity index (χ4n) is 3.29. The van der Waals surface area contributed by atoms with Gasteiger partial charge in [0.2, 0.25) is 0 Å². The maximum atomic E-state index is 14.4. The maximum absolute atomic E-state index is 14.4. The smallest absolute Gasteiger partial charge is 0.147 e. The summed E-state index contributed by atoms with van der Waals surface area (Å²) in [6, 6.07) is 23.2. The highest BCUT2D eigenvalue weighted by Gasteiger charge is 2.15.